The third kappa shape index (κ3) is 20.7. The van der Waals surface area contributed by atoms with Gasteiger partial charge in [-0.3, -0.25) is 14.3 Å². The molecule has 0 radical (unpaired) electrons. The average Bonchev–Trinajstić information content (AvgIpc) is 3.37. The van der Waals surface area contributed by atoms with Crippen molar-refractivity contribution in [3.8, 4) is 0 Å². The highest BCUT2D eigenvalue weighted by molar-refractivity contribution is 7.90. The molecule has 0 bridgehead atoms. The quantitative estimate of drug-likeness (QED) is 0.151. The van der Waals surface area contributed by atoms with E-state index in [4.69, 9.17) is 0 Å². The molecule has 1 heterocycles. The van der Waals surface area contributed by atoms with E-state index >= 15 is 0 Å². The number of sulfonamides is 1. The molecule has 1 aromatic heterocycles. The fourth-order valence-corrected chi connectivity index (χ4v) is 5.27. The van der Waals surface area contributed by atoms with Gasteiger partial charge < -0.3 is 5.32 Å². The summed E-state index contributed by atoms with van der Waals surface area (Å²) in [5.74, 6) is 0.0855. The minimum atomic E-state index is -3.67. The molecule has 0 aliphatic heterocycles. The number of nitrogens with one attached hydrogen (secondary N) is 3. The van der Waals surface area contributed by atoms with Crippen LogP contribution in [-0.4, -0.2) is 53.2 Å². The number of H-pyrrole nitrogens is 1. The first kappa shape index (κ1) is 33.0. The molecular formula is C26H50N6O4S. The highest BCUT2D eigenvalue weighted by Crippen LogP contribution is 2.13. The highest BCUT2D eigenvalue weighted by atomic mass is 32.2. The van der Waals surface area contributed by atoms with E-state index in [0.717, 1.165) is 57.2 Å². The number of amides is 2. The van der Waals surface area contributed by atoms with Crippen molar-refractivity contribution in [3.63, 3.8) is 0 Å². The van der Waals surface area contributed by atoms with Crippen molar-refractivity contribution in [2.45, 2.75) is 135 Å². The lowest BCUT2D eigenvalue weighted by Crippen LogP contribution is -2.33. The van der Waals surface area contributed by atoms with Crippen LogP contribution in [0.3, 0.4) is 0 Å². The Morgan fingerprint density at radius 3 is 1.86 bits per heavy atom. The summed E-state index contributed by atoms with van der Waals surface area (Å²) >= 11 is 0. The lowest BCUT2D eigenvalue weighted by Gasteiger charge is -2.08. The molecule has 3 N–H and O–H groups in total. The van der Waals surface area contributed by atoms with Crippen LogP contribution in [0, 0.1) is 0 Å². The Morgan fingerprint density at radius 1 is 0.730 bits per heavy atom. The van der Waals surface area contributed by atoms with E-state index in [2.05, 4.69) is 37.6 Å². The summed E-state index contributed by atoms with van der Waals surface area (Å²) in [6, 6.07) is 0. The van der Waals surface area contributed by atoms with Crippen LogP contribution >= 0.6 is 0 Å². The number of unbranched alkanes of at least 4 members (excludes halogenated alkanes) is 14. The van der Waals surface area contributed by atoms with Gasteiger partial charge in [0.2, 0.25) is 21.8 Å². The van der Waals surface area contributed by atoms with Crippen molar-refractivity contribution < 1.29 is 18.0 Å². The number of aromatic amines is 1. The Bertz CT molecular complexity index is 802. The molecule has 10 nitrogen and oxygen atoms in total. The summed E-state index contributed by atoms with van der Waals surface area (Å²) < 4.78 is 26.2. The van der Waals surface area contributed by atoms with E-state index in [1.54, 1.807) is 0 Å². The topological polar surface area (TPSA) is 147 Å². The lowest BCUT2D eigenvalue weighted by molar-refractivity contribution is -0.121. The van der Waals surface area contributed by atoms with Gasteiger partial charge in [0.25, 0.3) is 0 Å². The summed E-state index contributed by atoms with van der Waals surface area (Å²) in [5.41, 5.74) is 0. The van der Waals surface area contributed by atoms with Gasteiger partial charge in [0.1, 0.15) is 5.82 Å². The number of aryl methyl sites for hydroxylation is 1. The van der Waals surface area contributed by atoms with Crippen LogP contribution in [0.1, 0.15) is 135 Å². The number of hydrogen-bond acceptors (Lipinski definition) is 7. The van der Waals surface area contributed by atoms with Crippen molar-refractivity contribution in [2.75, 3.05) is 12.3 Å². The second kappa shape index (κ2) is 22.0. The predicted octanol–water partition coefficient (Wildman–Crippen LogP) is 4.74. The SMILES string of the molecule is CCCCCNC(=O)CCCS(=O)(=O)NC(=O)CCCCCCCCCCCCCCCc1nnn[nH]1. The van der Waals surface area contributed by atoms with Gasteiger partial charge in [0, 0.05) is 25.8 Å². The zero-order valence-electron chi connectivity index (χ0n) is 22.9. The molecule has 0 aliphatic carbocycles. The first-order valence-electron chi connectivity index (χ1n) is 14.5. The maximum absolute atomic E-state index is 12.0. The summed E-state index contributed by atoms with van der Waals surface area (Å²) in [6.45, 7) is 2.72. The molecular weight excluding hydrogens is 492 g/mol. The van der Waals surface area contributed by atoms with Crippen molar-refractivity contribution in [3.05, 3.63) is 5.82 Å². The van der Waals surface area contributed by atoms with Gasteiger partial charge in [0.15, 0.2) is 0 Å². The van der Waals surface area contributed by atoms with Crippen LogP contribution in [0.5, 0.6) is 0 Å². The number of hydrogen-bond donors (Lipinski definition) is 3. The Morgan fingerprint density at radius 2 is 1.30 bits per heavy atom. The Hall–Kier alpha value is -2.04. The molecule has 0 saturated carbocycles. The van der Waals surface area contributed by atoms with Gasteiger partial charge in [-0.25, -0.2) is 13.5 Å². The third-order valence-electron chi connectivity index (χ3n) is 6.40. The summed E-state index contributed by atoms with van der Waals surface area (Å²) in [5, 5.41) is 16.6. The van der Waals surface area contributed by atoms with E-state index in [1.807, 2.05) is 0 Å². The van der Waals surface area contributed by atoms with Crippen LogP contribution in [0.15, 0.2) is 0 Å². The molecule has 0 aromatic carbocycles. The largest absolute Gasteiger partial charge is 0.356 e. The Kier molecular flexibility index (Phi) is 19.6. The molecule has 0 fully saturated rings. The minimum Gasteiger partial charge on any atom is -0.356 e. The zero-order valence-corrected chi connectivity index (χ0v) is 23.8. The Balaban J connectivity index is 1.86. The number of rotatable bonds is 25. The van der Waals surface area contributed by atoms with Gasteiger partial charge in [0.05, 0.1) is 5.75 Å². The molecule has 0 spiro atoms. The van der Waals surface area contributed by atoms with E-state index < -0.39 is 15.9 Å². The van der Waals surface area contributed by atoms with Gasteiger partial charge in [-0.1, -0.05) is 90.4 Å². The van der Waals surface area contributed by atoms with Gasteiger partial charge in [-0.05, 0) is 36.1 Å². The molecule has 37 heavy (non-hydrogen) atoms. The van der Waals surface area contributed by atoms with Crippen LogP contribution in [0.25, 0.3) is 0 Å². The molecule has 11 heteroatoms. The number of nitrogens with zero attached hydrogens (tertiary/aromatic N) is 3. The van der Waals surface area contributed by atoms with E-state index in [0.29, 0.717) is 13.0 Å². The number of carbonyl (C=O) groups is 2. The van der Waals surface area contributed by atoms with Crippen LogP contribution in [0.4, 0.5) is 0 Å². The fourth-order valence-electron chi connectivity index (χ4n) is 4.20. The normalized spacial score (nSPS) is 11.5. The number of carbonyl (C=O) groups excluding carboxylic acids is 2. The second-order valence-electron chi connectivity index (χ2n) is 9.95. The van der Waals surface area contributed by atoms with E-state index in [1.165, 1.54) is 51.4 Å². The molecule has 1 aromatic rings. The fraction of sp³-hybridized carbons (Fsp3) is 0.885. The third-order valence-corrected chi connectivity index (χ3v) is 7.76. The standard InChI is InChI=1S/C26H50N6O4S/c1-2-3-17-22-27-25(33)21-18-23-37(35,36)30-26(34)20-16-14-12-10-8-6-4-5-7-9-11-13-15-19-24-28-31-32-29-24/h2-23H2,1H3,(H,27,33)(H,30,34)(H,28,29,31,32). The van der Waals surface area contributed by atoms with Crippen molar-refractivity contribution >= 4 is 21.8 Å². The molecule has 0 aliphatic rings. The maximum atomic E-state index is 12.0. The number of tetrazole rings is 1. The number of aromatic nitrogens is 4. The van der Waals surface area contributed by atoms with Gasteiger partial charge in [-0.15, -0.1) is 5.10 Å². The average molecular weight is 543 g/mol. The summed E-state index contributed by atoms with van der Waals surface area (Å²) in [4.78, 5) is 23.7. The van der Waals surface area contributed by atoms with E-state index in [9.17, 15) is 18.0 Å². The lowest BCUT2D eigenvalue weighted by atomic mass is 10.0. The summed E-state index contributed by atoms with van der Waals surface area (Å²) in [7, 11) is -3.67. The first-order valence-corrected chi connectivity index (χ1v) is 16.1. The van der Waals surface area contributed by atoms with Gasteiger partial charge in [-0.2, -0.15) is 0 Å². The molecule has 214 valence electrons. The second-order valence-corrected chi connectivity index (χ2v) is 11.8. The summed E-state index contributed by atoms with van der Waals surface area (Å²) in [6.07, 6.45) is 19.8. The van der Waals surface area contributed by atoms with Crippen LogP contribution in [-0.2, 0) is 26.0 Å². The van der Waals surface area contributed by atoms with Crippen molar-refractivity contribution in [1.82, 2.24) is 30.7 Å². The van der Waals surface area contributed by atoms with Crippen molar-refractivity contribution in [2.24, 2.45) is 0 Å². The van der Waals surface area contributed by atoms with E-state index in [-0.39, 0.29) is 30.9 Å². The molecule has 1 rings (SSSR count). The van der Waals surface area contributed by atoms with Crippen LogP contribution in [0.2, 0.25) is 0 Å². The molecule has 0 saturated heterocycles. The highest BCUT2D eigenvalue weighted by Gasteiger charge is 2.15. The smallest absolute Gasteiger partial charge is 0.234 e. The maximum Gasteiger partial charge on any atom is 0.234 e. The predicted molar refractivity (Wildman–Crippen MR) is 146 cm³/mol. The zero-order chi connectivity index (χ0) is 27.0. The monoisotopic (exact) mass is 542 g/mol. The van der Waals surface area contributed by atoms with Crippen molar-refractivity contribution in [1.29, 1.82) is 0 Å². The first-order chi connectivity index (χ1) is 17.9. The molecule has 0 atom stereocenters. The molecule has 0 unspecified atom stereocenters. The minimum absolute atomic E-state index is 0.137. The molecule has 2 amide bonds. The van der Waals surface area contributed by atoms with Crippen LogP contribution < -0.4 is 10.0 Å². The van der Waals surface area contributed by atoms with Gasteiger partial charge >= 0.3 is 0 Å². The Labute approximate surface area is 224 Å².